The van der Waals surface area contributed by atoms with Crippen molar-refractivity contribution in [1.82, 2.24) is 14.8 Å². The van der Waals surface area contributed by atoms with E-state index >= 15 is 0 Å². The Balaban J connectivity index is 2.16. The average Bonchev–Trinajstić information content (AvgIpc) is 3.01. The molecule has 0 bridgehead atoms. The molecule has 0 saturated heterocycles. The van der Waals surface area contributed by atoms with E-state index in [2.05, 4.69) is 40.3 Å². The average molecular weight is 472 g/mol. The fourth-order valence-electron chi connectivity index (χ4n) is 2.33. The molecule has 2 heterocycles. The van der Waals surface area contributed by atoms with E-state index in [0.717, 1.165) is 27.9 Å². The molecule has 0 aliphatic carbocycles. The first-order valence-electron chi connectivity index (χ1n) is 6.95. The summed E-state index contributed by atoms with van der Waals surface area (Å²) in [5, 5.41) is 5.39. The summed E-state index contributed by atoms with van der Waals surface area (Å²) in [6.07, 6.45) is 7.93. The van der Waals surface area contributed by atoms with Crippen molar-refractivity contribution in [3.63, 3.8) is 0 Å². The monoisotopic (exact) mass is 472 g/mol. The predicted molar refractivity (Wildman–Crippen MR) is 89.0 cm³/mol. The molecule has 23 heavy (non-hydrogen) atoms. The SMILES string of the molecule is Cc1ccc(-n2ncc3c(C(=[C-]N)C=N[CH]=[W])ccnc32)cc1. The van der Waals surface area contributed by atoms with Gasteiger partial charge in [0.2, 0.25) is 0 Å². The summed E-state index contributed by atoms with van der Waals surface area (Å²) in [7, 11) is 0. The summed E-state index contributed by atoms with van der Waals surface area (Å²) in [5.74, 6) is 0. The molecule has 0 unspecified atom stereocenters. The zero-order chi connectivity index (χ0) is 16.2. The van der Waals surface area contributed by atoms with Crippen LogP contribution in [0.25, 0.3) is 22.3 Å². The van der Waals surface area contributed by atoms with Crippen molar-refractivity contribution in [3.8, 4) is 5.69 Å². The van der Waals surface area contributed by atoms with E-state index in [1.165, 1.54) is 24.9 Å². The molecule has 2 aromatic heterocycles. The van der Waals surface area contributed by atoms with Crippen LogP contribution in [0.3, 0.4) is 0 Å². The Bertz CT molecular complexity index is 906. The molecule has 0 radical (unpaired) electrons. The van der Waals surface area contributed by atoms with Crippen LogP contribution in [0, 0.1) is 13.1 Å². The second-order valence-electron chi connectivity index (χ2n) is 4.93. The van der Waals surface area contributed by atoms with Crippen LogP contribution in [0.5, 0.6) is 0 Å². The first kappa shape index (κ1) is 15.5. The van der Waals surface area contributed by atoms with Gasteiger partial charge in [-0.05, 0) is 6.92 Å². The van der Waals surface area contributed by atoms with Gasteiger partial charge in [-0.2, -0.15) is 0 Å². The second kappa shape index (κ2) is 6.80. The summed E-state index contributed by atoms with van der Waals surface area (Å²) in [5.41, 5.74) is 10.2. The standard InChI is InChI=1S/C17H14N5.W/c1-12-3-5-14(6-4-12)22-17-16(11-21-22)15(7-8-20-17)13(9-18)10-19-2;/h2-8,10-11H,18H2,1H3;/q-1;. The Labute approximate surface area is 145 Å². The van der Waals surface area contributed by atoms with Gasteiger partial charge in [-0.1, -0.05) is 0 Å². The molecule has 0 amide bonds. The predicted octanol–water partition coefficient (Wildman–Crippen LogP) is 2.21. The maximum atomic E-state index is 5.64. The Hall–Kier alpha value is -2.39. The van der Waals surface area contributed by atoms with Crippen molar-refractivity contribution >= 4 is 27.3 Å². The number of aryl methyl sites for hydroxylation is 1. The number of allylic oxidation sites excluding steroid dienone is 1. The molecule has 6 heteroatoms. The molecule has 1 aromatic carbocycles. The van der Waals surface area contributed by atoms with Gasteiger partial charge in [-0.15, -0.1) is 0 Å². The van der Waals surface area contributed by atoms with E-state index in [4.69, 9.17) is 5.73 Å². The van der Waals surface area contributed by atoms with E-state index in [-0.39, 0.29) is 0 Å². The number of hydrogen-bond acceptors (Lipinski definition) is 4. The summed E-state index contributed by atoms with van der Waals surface area (Å²) < 4.78 is 3.60. The van der Waals surface area contributed by atoms with Crippen LogP contribution in [0.15, 0.2) is 47.7 Å². The zero-order valence-corrected chi connectivity index (χ0v) is 15.4. The molecule has 0 saturated carbocycles. The third-order valence-electron chi connectivity index (χ3n) is 3.46. The first-order chi connectivity index (χ1) is 11.2. The van der Waals surface area contributed by atoms with Crippen molar-refractivity contribution in [2.45, 2.75) is 6.92 Å². The molecule has 3 rings (SSSR count). The molecule has 0 aliphatic rings. The van der Waals surface area contributed by atoms with Crippen LogP contribution in [0.4, 0.5) is 0 Å². The number of nitrogens with zero attached hydrogens (tertiary/aromatic N) is 4. The number of benzene rings is 1. The van der Waals surface area contributed by atoms with E-state index < -0.39 is 0 Å². The Morgan fingerprint density at radius 2 is 2.09 bits per heavy atom. The van der Waals surface area contributed by atoms with Gasteiger partial charge in [0.25, 0.3) is 0 Å². The van der Waals surface area contributed by atoms with Crippen LogP contribution in [-0.4, -0.2) is 25.5 Å². The topological polar surface area (TPSA) is 69.1 Å². The molecule has 0 aliphatic heterocycles. The molecule has 3 aromatic rings. The van der Waals surface area contributed by atoms with Gasteiger partial charge in [0.15, 0.2) is 0 Å². The molecule has 0 fully saturated rings. The molecular formula is C17H14N5W-. The fourth-order valence-corrected chi connectivity index (χ4v) is 2.55. The van der Waals surface area contributed by atoms with E-state index in [9.17, 15) is 0 Å². The maximum absolute atomic E-state index is 5.64. The molecular weight excluding hydrogens is 458 g/mol. The van der Waals surface area contributed by atoms with Crippen molar-refractivity contribution in [2.24, 2.45) is 10.7 Å². The van der Waals surface area contributed by atoms with Crippen molar-refractivity contribution < 1.29 is 19.4 Å². The van der Waals surface area contributed by atoms with Gasteiger partial charge in [0.1, 0.15) is 0 Å². The van der Waals surface area contributed by atoms with Gasteiger partial charge in [0.05, 0.1) is 0 Å². The third kappa shape index (κ3) is 3.06. The number of hydrogen-bond donors (Lipinski definition) is 1. The van der Waals surface area contributed by atoms with Crippen LogP contribution < -0.4 is 5.73 Å². The number of aromatic nitrogens is 3. The van der Waals surface area contributed by atoms with Crippen LogP contribution in [0.2, 0.25) is 0 Å². The van der Waals surface area contributed by atoms with Gasteiger partial charge in [-0.3, -0.25) is 0 Å². The van der Waals surface area contributed by atoms with Gasteiger partial charge < -0.3 is 0 Å². The second-order valence-corrected chi connectivity index (χ2v) is 5.69. The molecule has 0 spiro atoms. The number of aliphatic imine (C=N–C) groups is 1. The van der Waals surface area contributed by atoms with Crippen LogP contribution in [-0.2, 0) is 19.4 Å². The van der Waals surface area contributed by atoms with Crippen molar-refractivity contribution in [3.05, 3.63) is 60.1 Å². The Morgan fingerprint density at radius 3 is 2.78 bits per heavy atom. The zero-order valence-electron chi connectivity index (χ0n) is 12.5. The number of nitrogens with two attached hydrogens (primary N) is 1. The normalized spacial score (nSPS) is 12.1. The third-order valence-corrected chi connectivity index (χ3v) is 3.90. The molecule has 2 N–H and O–H groups in total. The van der Waals surface area contributed by atoms with Gasteiger partial charge >= 0.3 is 138 Å². The first-order valence-corrected chi connectivity index (χ1v) is 8.64. The minimum absolute atomic E-state index is 0.721. The summed E-state index contributed by atoms with van der Waals surface area (Å²) in [6, 6.07) is 10.1. The quantitative estimate of drug-likeness (QED) is 0.360. The summed E-state index contributed by atoms with van der Waals surface area (Å²) >= 11 is 1.28. The van der Waals surface area contributed by atoms with Crippen molar-refractivity contribution in [1.29, 1.82) is 0 Å². The van der Waals surface area contributed by atoms with Gasteiger partial charge in [0, 0.05) is 0 Å². The van der Waals surface area contributed by atoms with E-state index in [1.807, 2.05) is 22.9 Å². The number of pyridine rings is 1. The Morgan fingerprint density at radius 1 is 1.30 bits per heavy atom. The number of rotatable bonds is 4. The fraction of sp³-hybridized carbons (Fsp3) is 0.0588. The minimum atomic E-state index is 0.721. The van der Waals surface area contributed by atoms with Gasteiger partial charge in [-0.25, -0.2) is 0 Å². The molecule has 114 valence electrons. The summed E-state index contributed by atoms with van der Waals surface area (Å²) in [6.45, 7) is 2.06. The van der Waals surface area contributed by atoms with E-state index in [1.54, 1.807) is 23.1 Å². The summed E-state index contributed by atoms with van der Waals surface area (Å²) in [4.78, 5) is 8.63. The van der Waals surface area contributed by atoms with Crippen LogP contribution in [0.1, 0.15) is 11.1 Å². The molecule has 5 nitrogen and oxygen atoms in total. The van der Waals surface area contributed by atoms with Crippen LogP contribution >= 0.6 is 0 Å². The Kier molecular flexibility index (Phi) is 4.58. The van der Waals surface area contributed by atoms with Crippen molar-refractivity contribution in [2.75, 3.05) is 0 Å². The number of fused-ring (bicyclic) bond motifs is 1. The van der Waals surface area contributed by atoms with E-state index in [0.29, 0.717) is 0 Å². The molecule has 0 atom stereocenters.